The van der Waals surface area contributed by atoms with Crippen molar-refractivity contribution in [1.82, 2.24) is 20.2 Å². The molecule has 0 spiro atoms. The average molecular weight is 494 g/mol. The Kier molecular flexibility index (Phi) is 6.06. The maximum Gasteiger partial charge on any atom is 0.264 e. The number of hydrogen-bond donors (Lipinski definition) is 2. The van der Waals surface area contributed by atoms with Gasteiger partial charge >= 0.3 is 0 Å². The number of halogens is 1. The summed E-state index contributed by atoms with van der Waals surface area (Å²) in [6.45, 7) is 1.70. The predicted molar refractivity (Wildman–Crippen MR) is 130 cm³/mol. The van der Waals surface area contributed by atoms with Gasteiger partial charge in [0.05, 0.1) is 24.0 Å². The summed E-state index contributed by atoms with van der Waals surface area (Å²) >= 11 is 0. The Morgan fingerprint density at radius 2 is 1.89 bits per heavy atom. The van der Waals surface area contributed by atoms with Crippen molar-refractivity contribution >= 4 is 32.7 Å². The molecule has 0 atom stereocenters. The Labute approximate surface area is 202 Å². The summed E-state index contributed by atoms with van der Waals surface area (Å²) < 4.78 is 41.7. The molecule has 0 unspecified atom stereocenters. The number of H-pyrrole nitrogens is 1. The van der Waals surface area contributed by atoms with Crippen molar-refractivity contribution in [3.8, 4) is 11.3 Å². The van der Waals surface area contributed by atoms with Gasteiger partial charge in [0.2, 0.25) is 0 Å². The largest absolute Gasteiger partial charge is 0.299 e. The van der Waals surface area contributed by atoms with Gasteiger partial charge in [-0.15, -0.1) is 0 Å². The summed E-state index contributed by atoms with van der Waals surface area (Å²) in [7, 11) is -4.08. The Morgan fingerprint density at radius 3 is 2.63 bits per heavy atom. The highest BCUT2D eigenvalue weighted by molar-refractivity contribution is 7.92. The lowest BCUT2D eigenvalue weighted by Crippen LogP contribution is -2.14. The van der Waals surface area contributed by atoms with Crippen LogP contribution in [0.5, 0.6) is 0 Å². The molecule has 2 aromatic carbocycles. The summed E-state index contributed by atoms with van der Waals surface area (Å²) in [5.74, 6) is -0.479. The number of nitrogens with zero attached hydrogens (tertiary/aromatic N) is 3. The lowest BCUT2D eigenvalue weighted by atomic mass is 9.99. The molecule has 180 valence electrons. The third-order valence-corrected chi connectivity index (χ3v) is 7.70. The van der Waals surface area contributed by atoms with Crippen LogP contribution in [0.15, 0.2) is 53.6 Å². The van der Waals surface area contributed by atoms with Gasteiger partial charge in [-0.1, -0.05) is 31.0 Å². The second-order valence-electron chi connectivity index (χ2n) is 8.87. The Balaban J connectivity index is 1.33. The molecule has 35 heavy (non-hydrogen) atoms. The van der Waals surface area contributed by atoms with Gasteiger partial charge in [-0.05, 0) is 49.6 Å². The van der Waals surface area contributed by atoms with E-state index in [1.807, 2.05) is 0 Å². The molecule has 4 aromatic rings. The molecule has 0 saturated heterocycles. The van der Waals surface area contributed by atoms with Crippen LogP contribution in [0, 0.1) is 18.7 Å². The van der Waals surface area contributed by atoms with Crippen LogP contribution in [0.1, 0.15) is 36.9 Å². The first-order valence-electron chi connectivity index (χ1n) is 11.4. The fraction of sp³-hybridized carbons (Fsp3) is 0.280. The summed E-state index contributed by atoms with van der Waals surface area (Å²) in [6, 6.07) is 10.5. The number of fused-ring (bicyclic) bond motifs is 1. The number of aryl methyl sites for hydroxylation is 1. The number of hydrogen-bond acceptors (Lipinski definition) is 6. The number of carbonyl (C=O) groups is 1. The number of benzene rings is 2. The maximum atomic E-state index is 14.1. The molecule has 2 N–H and O–H groups in total. The summed E-state index contributed by atoms with van der Waals surface area (Å²) in [5.41, 5.74) is 3.84. The molecule has 2 aromatic heterocycles. The van der Waals surface area contributed by atoms with E-state index in [4.69, 9.17) is 0 Å². The Hall–Kier alpha value is -3.66. The SMILES string of the molecule is Cc1ccc(F)c(S(=O)(=O)Nc2ccc(-c3cnc4c(CC(=O)C5CCCC5)[nH]nc4n3)cc2)c1. The van der Waals surface area contributed by atoms with Gasteiger partial charge in [-0.25, -0.2) is 22.8 Å². The molecule has 10 heteroatoms. The van der Waals surface area contributed by atoms with E-state index < -0.39 is 20.7 Å². The van der Waals surface area contributed by atoms with Crippen LogP contribution in [0.3, 0.4) is 0 Å². The zero-order valence-electron chi connectivity index (χ0n) is 19.1. The minimum Gasteiger partial charge on any atom is -0.299 e. The number of carbonyl (C=O) groups excluding carboxylic acids is 1. The lowest BCUT2D eigenvalue weighted by molar-refractivity contribution is -0.122. The molecule has 8 nitrogen and oxygen atoms in total. The van der Waals surface area contributed by atoms with E-state index in [9.17, 15) is 17.6 Å². The topological polar surface area (TPSA) is 118 Å². The fourth-order valence-corrected chi connectivity index (χ4v) is 5.63. The number of nitrogens with one attached hydrogen (secondary N) is 2. The molecule has 1 aliphatic rings. The quantitative estimate of drug-likeness (QED) is 0.389. The van der Waals surface area contributed by atoms with Crippen molar-refractivity contribution in [3.05, 3.63) is 65.7 Å². The van der Waals surface area contributed by atoms with Crippen LogP contribution in [0.4, 0.5) is 10.1 Å². The third kappa shape index (κ3) is 4.79. The normalized spacial score (nSPS) is 14.5. The monoisotopic (exact) mass is 493 g/mol. The first-order valence-corrected chi connectivity index (χ1v) is 12.9. The van der Waals surface area contributed by atoms with Crippen LogP contribution < -0.4 is 4.72 Å². The van der Waals surface area contributed by atoms with Crippen LogP contribution in [0.2, 0.25) is 0 Å². The maximum absolute atomic E-state index is 14.1. The first-order chi connectivity index (χ1) is 16.8. The summed E-state index contributed by atoms with van der Waals surface area (Å²) in [6.07, 6.45) is 5.98. The van der Waals surface area contributed by atoms with E-state index in [0.717, 1.165) is 31.7 Å². The van der Waals surface area contributed by atoms with Gasteiger partial charge in [0, 0.05) is 17.2 Å². The van der Waals surface area contributed by atoms with Crippen molar-refractivity contribution in [2.45, 2.75) is 43.9 Å². The molecule has 1 saturated carbocycles. The standard InChI is InChI=1S/C25H24FN5O3S/c1-15-6-11-19(26)23(12-15)35(33,34)31-18-9-7-16(8-10-18)21-14-27-24-20(29-30-25(24)28-21)13-22(32)17-4-2-3-5-17/h6-12,14,17,31H,2-5,13H2,1H3,(H,28,29,30). The zero-order valence-corrected chi connectivity index (χ0v) is 19.9. The number of ketones is 1. The Morgan fingerprint density at radius 1 is 1.14 bits per heavy atom. The van der Waals surface area contributed by atoms with E-state index in [2.05, 4.69) is 24.9 Å². The van der Waals surface area contributed by atoms with E-state index >= 15 is 0 Å². The smallest absolute Gasteiger partial charge is 0.264 e. The lowest BCUT2D eigenvalue weighted by Gasteiger charge is -2.10. The van der Waals surface area contributed by atoms with Crippen LogP contribution in [-0.2, 0) is 21.2 Å². The number of aromatic nitrogens is 4. The van der Waals surface area contributed by atoms with E-state index in [0.29, 0.717) is 33.7 Å². The first kappa shape index (κ1) is 23.1. The fourth-order valence-electron chi connectivity index (χ4n) is 4.41. The number of anilines is 1. The molecule has 0 amide bonds. The van der Waals surface area contributed by atoms with Crippen LogP contribution >= 0.6 is 0 Å². The molecule has 5 rings (SSSR count). The molecular formula is C25H24FN5O3S. The molecule has 0 bridgehead atoms. The van der Waals surface area contributed by atoms with E-state index in [1.165, 1.54) is 12.1 Å². The van der Waals surface area contributed by atoms with Gasteiger partial charge in [0.1, 0.15) is 22.0 Å². The molecule has 1 aliphatic carbocycles. The van der Waals surface area contributed by atoms with Gasteiger partial charge in [-0.2, -0.15) is 5.10 Å². The van der Waals surface area contributed by atoms with Crippen molar-refractivity contribution < 1.29 is 17.6 Å². The number of aromatic amines is 1. The molecular weight excluding hydrogens is 469 g/mol. The predicted octanol–water partition coefficient (Wildman–Crippen LogP) is 4.57. The highest BCUT2D eigenvalue weighted by Gasteiger charge is 2.24. The van der Waals surface area contributed by atoms with Gasteiger partial charge in [-0.3, -0.25) is 14.6 Å². The average Bonchev–Trinajstić information content (AvgIpc) is 3.51. The number of Topliss-reactive ketones (excluding diaryl/α,β-unsaturated/α-hetero) is 1. The van der Waals surface area contributed by atoms with Gasteiger partial charge < -0.3 is 0 Å². The number of rotatable bonds is 7. The minimum absolute atomic E-state index is 0.124. The minimum atomic E-state index is -4.08. The van der Waals surface area contributed by atoms with Gasteiger partial charge in [0.25, 0.3) is 10.0 Å². The van der Waals surface area contributed by atoms with Crippen molar-refractivity contribution in [1.29, 1.82) is 0 Å². The third-order valence-electron chi connectivity index (χ3n) is 6.31. The second-order valence-corrected chi connectivity index (χ2v) is 10.5. The molecule has 0 radical (unpaired) electrons. The second kappa shape index (κ2) is 9.18. The summed E-state index contributed by atoms with van der Waals surface area (Å²) in [4.78, 5) is 21.1. The molecule has 0 aliphatic heterocycles. The van der Waals surface area contributed by atoms with Crippen LogP contribution in [0.25, 0.3) is 22.4 Å². The number of sulfonamides is 1. The van der Waals surface area contributed by atoms with E-state index in [-0.39, 0.29) is 23.8 Å². The van der Waals surface area contributed by atoms with Crippen molar-refractivity contribution in [3.63, 3.8) is 0 Å². The van der Waals surface area contributed by atoms with Crippen molar-refractivity contribution in [2.75, 3.05) is 4.72 Å². The van der Waals surface area contributed by atoms with Gasteiger partial charge in [0.15, 0.2) is 5.65 Å². The highest BCUT2D eigenvalue weighted by atomic mass is 32.2. The zero-order chi connectivity index (χ0) is 24.6. The van der Waals surface area contributed by atoms with Crippen molar-refractivity contribution in [2.24, 2.45) is 5.92 Å². The van der Waals surface area contributed by atoms with Crippen LogP contribution in [-0.4, -0.2) is 34.4 Å². The molecule has 1 fully saturated rings. The Bertz CT molecular complexity index is 1510. The highest BCUT2D eigenvalue weighted by Crippen LogP contribution is 2.28. The summed E-state index contributed by atoms with van der Waals surface area (Å²) in [5, 5.41) is 7.12. The molecule has 2 heterocycles. The van der Waals surface area contributed by atoms with E-state index in [1.54, 1.807) is 37.4 Å².